The third-order valence-electron chi connectivity index (χ3n) is 8.88. The number of benzene rings is 2. The van der Waals surface area contributed by atoms with Crippen molar-refractivity contribution in [1.82, 2.24) is 4.58 Å². The number of nitrogens with zero attached hydrogens (tertiary/aromatic N) is 2. The zero-order valence-corrected chi connectivity index (χ0v) is 29.1. The monoisotopic (exact) mass is 620 g/mol. The van der Waals surface area contributed by atoms with E-state index in [4.69, 9.17) is 9.15 Å². The highest BCUT2D eigenvalue weighted by Gasteiger charge is 2.31. The van der Waals surface area contributed by atoms with Crippen LogP contribution in [0.4, 0.5) is 5.69 Å². The molecule has 1 aromatic rings. The summed E-state index contributed by atoms with van der Waals surface area (Å²) in [6.45, 7) is 24.6. The van der Waals surface area contributed by atoms with Gasteiger partial charge in [0.2, 0.25) is 5.36 Å². The summed E-state index contributed by atoms with van der Waals surface area (Å²) >= 11 is 0. The molecule has 242 valence electrons. The summed E-state index contributed by atoms with van der Waals surface area (Å²) < 4.78 is 15.1. The minimum atomic E-state index is -0.263. The molecule has 2 heterocycles. The standard InChI is InChI=1S/C40H48N2O4/c1-11-41(12-2)27-15-17-29-25(21-35(39(5,6)7)45-33(29)23-27)19-31-37(43)32(38(31)44)20-26-22-36(40(8,9)10)46-34-24-28(16-18-30(26)34)42(13-3)14-4/h15-24H,11-14H2,1-10H3. The van der Waals surface area contributed by atoms with E-state index < -0.39 is 0 Å². The highest BCUT2D eigenvalue weighted by atomic mass is 16.5. The molecule has 0 fully saturated rings. The van der Waals surface area contributed by atoms with Crippen molar-refractivity contribution in [3.8, 4) is 17.1 Å². The average molecular weight is 621 g/mol. The van der Waals surface area contributed by atoms with E-state index in [1.165, 1.54) is 0 Å². The molecular formula is C40H48N2O4. The van der Waals surface area contributed by atoms with Gasteiger partial charge in [-0.1, -0.05) is 47.3 Å². The highest BCUT2D eigenvalue weighted by molar-refractivity contribution is 6.24. The van der Waals surface area contributed by atoms with Gasteiger partial charge in [0, 0.05) is 64.0 Å². The number of anilines is 1. The molecule has 2 aliphatic heterocycles. The third kappa shape index (κ3) is 6.22. The molecule has 0 aromatic heterocycles. The van der Waals surface area contributed by atoms with Crippen molar-refractivity contribution in [1.29, 1.82) is 0 Å². The predicted octanol–water partition coefficient (Wildman–Crippen LogP) is 7.33. The van der Waals surface area contributed by atoms with Crippen LogP contribution in [0.1, 0.15) is 86.1 Å². The lowest BCUT2D eigenvalue weighted by atomic mass is 9.82. The van der Waals surface area contributed by atoms with E-state index in [-0.39, 0.29) is 33.5 Å². The molecule has 0 bridgehead atoms. The first-order chi connectivity index (χ1) is 21.7. The topological polar surface area (TPSA) is 68.8 Å². The lowest BCUT2D eigenvalue weighted by molar-refractivity contribution is -0.300. The zero-order chi connectivity index (χ0) is 33.6. The van der Waals surface area contributed by atoms with Crippen LogP contribution in [0.3, 0.4) is 0 Å². The summed E-state index contributed by atoms with van der Waals surface area (Å²) in [4.78, 5) is 15.9. The first-order valence-corrected chi connectivity index (χ1v) is 16.6. The number of ketones is 1. The molecule has 4 aliphatic rings. The molecule has 5 rings (SSSR count). The Labute approximate surface area is 274 Å². The Morgan fingerprint density at radius 3 is 2.11 bits per heavy atom. The van der Waals surface area contributed by atoms with Crippen molar-refractivity contribution in [3.05, 3.63) is 99.5 Å². The number of Topliss-reactive ketones (excluding diaryl/α,β-unsaturated/α-hetero) is 1. The highest BCUT2D eigenvalue weighted by Crippen LogP contribution is 2.43. The van der Waals surface area contributed by atoms with Crippen LogP contribution in [0.2, 0.25) is 0 Å². The summed E-state index contributed by atoms with van der Waals surface area (Å²) in [5.41, 5.74) is 4.27. The minimum Gasteiger partial charge on any atom is -0.871 e. The molecule has 46 heavy (non-hydrogen) atoms. The number of hydrogen-bond acceptors (Lipinski definition) is 5. The van der Waals surface area contributed by atoms with Crippen molar-refractivity contribution >= 4 is 23.1 Å². The quantitative estimate of drug-likeness (QED) is 0.204. The van der Waals surface area contributed by atoms with Crippen LogP contribution in [-0.2, 0) is 10.2 Å². The molecule has 6 heteroatoms. The molecule has 0 spiro atoms. The maximum absolute atomic E-state index is 13.6. The predicted molar refractivity (Wildman–Crippen MR) is 187 cm³/mol. The van der Waals surface area contributed by atoms with Gasteiger partial charge >= 0.3 is 0 Å². The van der Waals surface area contributed by atoms with Gasteiger partial charge in [-0.25, -0.2) is 4.58 Å². The molecule has 0 saturated carbocycles. The minimum absolute atomic E-state index is 0.191. The summed E-state index contributed by atoms with van der Waals surface area (Å²) in [6.07, 6.45) is 5.44. The number of carbonyl (C=O) groups excluding carboxylic acids is 1. The Morgan fingerprint density at radius 1 is 0.848 bits per heavy atom. The molecule has 1 aromatic carbocycles. The molecule has 2 aliphatic carbocycles. The van der Waals surface area contributed by atoms with Gasteiger partial charge in [-0.3, -0.25) is 4.79 Å². The van der Waals surface area contributed by atoms with Gasteiger partial charge in [-0.2, -0.15) is 0 Å². The first-order valence-electron chi connectivity index (χ1n) is 16.6. The van der Waals surface area contributed by atoms with Crippen LogP contribution >= 0.6 is 0 Å². The van der Waals surface area contributed by atoms with Crippen molar-refractivity contribution in [2.45, 2.75) is 74.7 Å². The van der Waals surface area contributed by atoms with Crippen molar-refractivity contribution in [3.63, 3.8) is 0 Å². The third-order valence-corrected chi connectivity index (χ3v) is 8.88. The SMILES string of the molecule is CCN(CC)c1ccc2c(c1)OC(C(C)(C)C)=C/C2=C\C1=C([O-])C(=C/c2cc(C(C)(C)C)oc3cc(=[N+](CC)CC)ccc2-3)/C1=O. The Balaban J connectivity index is 1.62. The van der Waals surface area contributed by atoms with Crippen LogP contribution in [0.25, 0.3) is 23.0 Å². The average Bonchev–Trinajstić information content (AvgIpc) is 3.01. The van der Waals surface area contributed by atoms with Gasteiger partial charge < -0.3 is 19.2 Å². The fourth-order valence-electron chi connectivity index (χ4n) is 5.96. The first kappa shape index (κ1) is 33.1. The second-order valence-corrected chi connectivity index (χ2v) is 14.1. The fourth-order valence-corrected chi connectivity index (χ4v) is 5.96. The normalized spacial score (nSPS) is 16.8. The van der Waals surface area contributed by atoms with Crippen LogP contribution in [0.15, 0.2) is 81.7 Å². The van der Waals surface area contributed by atoms with Crippen molar-refractivity contribution in [2.75, 3.05) is 31.1 Å². The molecule has 0 amide bonds. The van der Waals surface area contributed by atoms with E-state index in [0.717, 1.165) is 82.5 Å². The number of hydrogen-bond donors (Lipinski definition) is 0. The van der Waals surface area contributed by atoms with Gasteiger partial charge in [-0.15, -0.1) is 0 Å². The molecular weight excluding hydrogens is 572 g/mol. The van der Waals surface area contributed by atoms with E-state index in [1.807, 2.05) is 24.3 Å². The van der Waals surface area contributed by atoms with Gasteiger partial charge in [0.15, 0.2) is 5.78 Å². The van der Waals surface area contributed by atoms with Crippen LogP contribution < -0.4 is 24.7 Å². The largest absolute Gasteiger partial charge is 0.871 e. The molecule has 6 nitrogen and oxygen atoms in total. The lowest BCUT2D eigenvalue weighted by Crippen LogP contribution is -2.30. The maximum atomic E-state index is 13.6. The Morgan fingerprint density at radius 2 is 1.52 bits per heavy atom. The van der Waals surface area contributed by atoms with Crippen LogP contribution in [0.5, 0.6) is 5.75 Å². The zero-order valence-electron chi connectivity index (χ0n) is 29.1. The number of ether oxygens (including phenoxy) is 1. The Hall–Kier alpha value is -4.32. The molecule has 0 N–H and O–H groups in total. The van der Waals surface area contributed by atoms with Gasteiger partial charge in [0.05, 0.1) is 6.07 Å². The van der Waals surface area contributed by atoms with Crippen molar-refractivity contribution in [2.24, 2.45) is 5.41 Å². The van der Waals surface area contributed by atoms with E-state index in [1.54, 1.807) is 12.2 Å². The Bertz CT molecular complexity index is 1840. The lowest BCUT2D eigenvalue weighted by Gasteiger charge is -2.32. The Kier molecular flexibility index (Phi) is 8.96. The summed E-state index contributed by atoms with van der Waals surface area (Å²) in [7, 11) is 0. The number of allylic oxidation sites excluding steroid dienone is 6. The van der Waals surface area contributed by atoms with E-state index in [0.29, 0.717) is 0 Å². The molecule has 0 radical (unpaired) electrons. The van der Waals surface area contributed by atoms with Gasteiger partial charge in [0.25, 0.3) is 0 Å². The van der Waals surface area contributed by atoms with Gasteiger partial charge in [-0.05, 0) is 81.3 Å². The van der Waals surface area contributed by atoms with E-state index in [9.17, 15) is 9.90 Å². The molecule has 0 atom stereocenters. The number of fused-ring (bicyclic) bond motifs is 2. The summed E-state index contributed by atoms with van der Waals surface area (Å²) in [5.74, 6) is 2.55. The summed E-state index contributed by atoms with van der Waals surface area (Å²) in [6, 6.07) is 14.3. The van der Waals surface area contributed by atoms with Crippen molar-refractivity contribution < 1.29 is 19.1 Å². The van der Waals surface area contributed by atoms with E-state index in [2.05, 4.69) is 103 Å². The second-order valence-electron chi connectivity index (χ2n) is 14.1. The second kappa shape index (κ2) is 12.5. The molecule has 0 saturated heterocycles. The van der Waals surface area contributed by atoms with Crippen LogP contribution in [-0.4, -0.2) is 32.0 Å². The van der Waals surface area contributed by atoms with E-state index >= 15 is 0 Å². The smallest absolute Gasteiger partial charge is 0.203 e. The van der Waals surface area contributed by atoms with Gasteiger partial charge in [0.1, 0.15) is 36.1 Å². The maximum Gasteiger partial charge on any atom is 0.203 e. The fraction of sp³-hybridized carbons (Fsp3) is 0.400. The number of carbonyl (C=O) groups is 1. The molecule has 0 unspecified atom stereocenters. The number of rotatable bonds is 7. The van der Waals surface area contributed by atoms with Crippen LogP contribution in [0, 0.1) is 5.41 Å². The summed E-state index contributed by atoms with van der Waals surface area (Å²) in [5, 5.41) is 14.7.